The molecule has 1 amide bonds. The Morgan fingerprint density at radius 2 is 2.05 bits per heavy atom. The molecule has 1 aromatic carbocycles. The predicted molar refractivity (Wildman–Crippen MR) is 91.8 cm³/mol. The van der Waals surface area contributed by atoms with Crippen LogP contribution in [0.5, 0.6) is 0 Å². The van der Waals surface area contributed by atoms with Gasteiger partial charge in [-0.05, 0) is 60.8 Å². The summed E-state index contributed by atoms with van der Waals surface area (Å²) in [6.07, 6.45) is 2.59. The first-order valence-corrected chi connectivity index (χ1v) is 8.03. The number of unbranched alkanes of at least 4 members (excludes halogenated alkanes) is 1. The van der Waals surface area contributed by atoms with Gasteiger partial charge in [0.05, 0.1) is 11.3 Å². The normalized spacial score (nSPS) is 10.7. The Labute approximate surface area is 138 Å². The van der Waals surface area contributed by atoms with E-state index in [4.69, 9.17) is 5.11 Å². The largest absolute Gasteiger partial charge is 0.478 e. The number of halogens is 1. The van der Waals surface area contributed by atoms with Crippen LogP contribution >= 0.6 is 22.6 Å². The summed E-state index contributed by atoms with van der Waals surface area (Å²) in [7, 11) is 1.98. The average molecular weight is 404 g/mol. The Morgan fingerprint density at radius 3 is 2.67 bits per heavy atom. The van der Waals surface area contributed by atoms with Gasteiger partial charge in [0.1, 0.15) is 0 Å². The Hall–Kier alpha value is -1.15. The first-order valence-electron chi connectivity index (χ1n) is 6.95. The molecule has 0 aliphatic rings. The lowest BCUT2D eigenvalue weighted by atomic mass is 10.1. The smallest absolute Gasteiger partial charge is 0.337 e. The Balaban J connectivity index is 2.57. The molecule has 0 radical (unpaired) electrons. The summed E-state index contributed by atoms with van der Waals surface area (Å²) < 4.78 is 0.822. The molecule has 0 saturated carbocycles. The molecule has 0 saturated heterocycles. The van der Waals surface area contributed by atoms with Crippen molar-refractivity contribution >= 4 is 40.2 Å². The van der Waals surface area contributed by atoms with E-state index in [0.717, 1.165) is 23.0 Å². The average Bonchev–Trinajstić information content (AvgIpc) is 2.44. The molecule has 21 heavy (non-hydrogen) atoms. The second-order valence-corrected chi connectivity index (χ2v) is 6.20. The van der Waals surface area contributed by atoms with Gasteiger partial charge in [-0.25, -0.2) is 4.79 Å². The first-order chi connectivity index (χ1) is 9.93. The maximum Gasteiger partial charge on any atom is 0.337 e. The molecule has 0 aliphatic carbocycles. The summed E-state index contributed by atoms with van der Waals surface area (Å²) in [6.45, 7) is 3.76. The van der Waals surface area contributed by atoms with Gasteiger partial charge >= 0.3 is 5.97 Å². The van der Waals surface area contributed by atoms with Crippen molar-refractivity contribution in [3.05, 3.63) is 27.3 Å². The Bertz CT molecular complexity index is 506. The van der Waals surface area contributed by atoms with Crippen LogP contribution < -0.4 is 5.32 Å². The third-order valence-corrected chi connectivity index (χ3v) is 3.77. The molecule has 1 aromatic rings. The van der Waals surface area contributed by atoms with E-state index in [1.54, 1.807) is 18.2 Å². The Morgan fingerprint density at radius 1 is 1.33 bits per heavy atom. The number of nitrogens with zero attached hydrogens (tertiary/aromatic N) is 1. The molecule has 0 spiro atoms. The number of benzene rings is 1. The highest BCUT2D eigenvalue weighted by Crippen LogP contribution is 2.19. The van der Waals surface area contributed by atoms with Gasteiger partial charge in [0.25, 0.3) is 0 Å². The second kappa shape index (κ2) is 8.99. The molecule has 6 heteroatoms. The van der Waals surface area contributed by atoms with E-state index in [0.29, 0.717) is 18.7 Å². The van der Waals surface area contributed by atoms with E-state index in [1.807, 2.05) is 29.6 Å². The van der Waals surface area contributed by atoms with Crippen LogP contribution in [0.3, 0.4) is 0 Å². The topological polar surface area (TPSA) is 69.6 Å². The molecule has 0 atom stereocenters. The fourth-order valence-corrected chi connectivity index (χ4v) is 2.34. The van der Waals surface area contributed by atoms with Crippen molar-refractivity contribution in [1.29, 1.82) is 0 Å². The molecule has 0 fully saturated rings. The second-order valence-electron chi connectivity index (χ2n) is 4.95. The number of carboxylic acids is 1. The molecule has 2 N–H and O–H groups in total. The number of carbonyl (C=O) groups excluding carboxylic acids is 1. The first kappa shape index (κ1) is 17.9. The fourth-order valence-electron chi connectivity index (χ4n) is 1.85. The summed E-state index contributed by atoms with van der Waals surface area (Å²) in [6, 6.07) is 4.95. The lowest BCUT2D eigenvalue weighted by Crippen LogP contribution is -2.25. The van der Waals surface area contributed by atoms with Crippen LogP contribution in [-0.4, -0.2) is 42.0 Å². The zero-order chi connectivity index (χ0) is 15.8. The maximum atomic E-state index is 11.9. The quantitative estimate of drug-likeness (QED) is 0.654. The van der Waals surface area contributed by atoms with Crippen LogP contribution in [0.1, 0.15) is 36.5 Å². The van der Waals surface area contributed by atoms with Gasteiger partial charge in [0.15, 0.2) is 0 Å². The van der Waals surface area contributed by atoms with E-state index in [2.05, 4.69) is 17.1 Å². The standard InChI is InChI=1S/C15H21IN2O3/c1-3-4-8-18(2)9-7-14(19)17-13-6-5-11(16)10-12(13)15(20)21/h5-6,10H,3-4,7-9H2,1-2H3,(H,17,19)(H,20,21). The maximum absolute atomic E-state index is 11.9. The van der Waals surface area contributed by atoms with Crippen LogP contribution in [0.15, 0.2) is 18.2 Å². The minimum atomic E-state index is -1.04. The van der Waals surface area contributed by atoms with Crippen molar-refractivity contribution in [2.75, 3.05) is 25.5 Å². The molecule has 0 unspecified atom stereocenters. The highest BCUT2D eigenvalue weighted by atomic mass is 127. The lowest BCUT2D eigenvalue weighted by Gasteiger charge is -2.16. The molecule has 0 aromatic heterocycles. The van der Waals surface area contributed by atoms with Crippen molar-refractivity contribution in [2.24, 2.45) is 0 Å². The summed E-state index contributed by atoms with van der Waals surface area (Å²) >= 11 is 2.04. The fraction of sp³-hybridized carbons (Fsp3) is 0.467. The number of aromatic carboxylic acids is 1. The molecular weight excluding hydrogens is 383 g/mol. The number of amides is 1. The van der Waals surface area contributed by atoms with E-state index in [9.17, 15) is 9.59 Å². The molecule has 0 aliphatic heterocycles. The van der Waals surface area contributed by atoms with E-state index < -0.39 is 5.97 Å². The zero-order valence-corrected chi connectivity index (χ0v) is 14.5. The minimum absolute atomic E-state index is 0.120. The molecule has 0 heterocycles. The van der Waals surface area contributed by atoms with Crippen LogP contribution in [0.25, 0.3) is 0 Å². The lowest BCUT2D eigenvalue weighted by molar-refractivity contribution is -0.116. The van der Waals surface area contributed by atoms with Gasteiger partial charge in [0, 0.05) is 16.5 Å². The van der Waals surface area contributed by atoms with E-state index in [-0.39, 0.29) is 11.5 Å². The van der Waals surface area contributed by atoms with Crippen molar-refractivity contribution in [3.8, 4) is 0 Å². The number of rotatable bonds is 8. The van der Waals surface area contributed by atoms with Gasteiger partial charge in [-0.2, -0.15) is 0 Å². The molecule has 5 nitrogen and oxygen atoms in total. The SMILES string of the molecule is CCCCN(C)CCC(=O)Nc1ccc(I)cc1C(=O)O. The van der Waals surface area contributed by atoms with Crippen LogP contribution in [0.4, 0.5) is 5.69 Å². The molecular formula is C15H21IN2O3. The van der Waals surface area contributed by atoms with Crippen LogP contribution in [-0.2, 0) is 4.79 Å². The van der Waals surface area contributed by atoms with Gasteiger partial charge < -0.3 is 15.3 Å². The third kappa shape index (κ3) is 6.43. The summed E-state index contributed by atoms with van der Waals surface area (Å²) in [5.41, 5.74) is 0.471. The summed E-state index contributed by atoms with van der Waals surface area (Å²) in [4.78, 5) is 25.2. The number of carboxylic acid groups (broad SMARTS) is 1. The van der Waals surface area contributed by atoms with Gasteiger partial charge in [-0.3, -0.25) is 4.79 Å². The molecule has 116 valence electrons. The number of anilines is 1. The molecule has 1 rings (SSSR count). The van der Waals surface area contributed by atoms with Crippen LogP contribution in [0, 0.1) is 3.57 Å². The molecule has 0 bridgehead atoms. The highest BCUT2D eigenvalue weighted by Gasteiger charge is 2.13. The van der Waals surface area contributed by atoms with Crippen molar-refractivity contribution in [1.82, 2.24) is 4.90 Å². The summed E-state index contributed by atoms with van der Waals surface area (Å²) in [5, 5.41) is 11.8. The van der Waals surface area contributed by atoms with Crippen molar-refractivity contribution < 1.29 is 14.7 Å². The Kier molecular flexibility index (Phi) is 7.66. The number of carbonyl (C=O) groups is 2. The van der Waals surface area contributed by atoms with Crippen molar-refractivity contribution in [2.45, 2.75) is 26.2 Å². The van der Waals surface area contributed by atoms with E-state index >= 15 is 0 Å². The summed E-state index contributed by atoms with van der Waals surface area (Å²) in [5.74, 6) is -1.20. The van der Waals surface area contributed by atoms with E-state index in [1.165, 1.54) is 0 Å². The van der Waals surface area contributed by atoms with Gasteiger partial charge in [-0.15, -0.1) is 0 Å². The minimum Gasteiger partial charge on any atom is -0.478 e. The van der Waals surface area contributed by atoms with Crippen LogP contribution in [0.2, 0.25) is 0 Å². The number of hydrogen-bond acceptors (Lipinski definition) is 3. The predicted octanol–water partition coefficient (Wildman–Crippen LogP) is 3.05. The third-order valence-electron chi connectivity index (χ3n) is 3.10. The highest BCUT2D eigenvalue weighted by molar-refractivity contribution is 14.1. The number of hydrogen-bond donors (Lipinski definition) is 2. The monoisotopic (exact) mass is 404 g/mol. The number of nitrogens with one attached hydrogen (secondary N) is 1. The van der Waals surface area contributed by atoms with Gasteiger partial charge in [-0.1, -0.05) is 13.3 Å². The zero-order valence-electron chi connectivity index (χ0n) is 12.4. The van der Waals surface area contributed by atoms with Crippen molar-refractivity contribution in [3.63, 3.8) is 0 Å². The van der Waals surface area contributed by atoms with Gasteiger partial charge in [0.2, 0.25) is 5.91 Å².